The van der Waals surface area contributed by atoms with Crippen molar-refractivity contribution in [2.45, 2.75) is 19.8 Å². The number of fused-ring (bicyclic) bond motifs is 2. The third-order valence-electron chi connectivity index (χ3n) is 4.86. The molecule has 25 heavy (non-hydrogen) atoms. The molecule has 0 unspecified atom stereocenters. The van der Waals surface area contributed by atoms with Gasteiger partial charge in [-0.05, 0) is 43.0 Å². The van der Waals surface area contributed by atoms with Gasteiger partial charge in [0.25, 0.3) is 5.91 Å². The monoisotopic (exact) mass is 355 g/mol. The minimum atomic E-state index is 0.0358. The van der Waals surface area contributed by atoms with Crippen molar-refractivity contribution in [1.82, 2.24) is 9.88 Å². The van der Waals surface area contributed by atoms with E-state index in [1.807, 2.05) is 29.2 Å². The lowest BCUT2D eigenvalue weighted by atomic mass is 10.00. The smallest absolute Gasteiger partial charge is 0.266 e. The number of pyridine rings is 1. The van der Waals surface area contributed by atoms with Crippen molar-refractivity contribution < 1.29 is 9.53 Å². The van der Waals surface area contributed by atoms with Crippen molar-refractivity contribution in [2.75, 3.05) is 25.9 Å². The lowest BCUT2D eigenvalue weighted by molar-refractivity contribution is 0.0689. The molecule has 0 spiro atoms. The first-order valence-electron chi connectivity index (χ1n) is 8.53. The lowest BCUT2D eigenvalue weighted by Crippen LogP contribution is -2.38. The first kappa shape index (κ1) is 16.1. The van der Waals surface area contributed by atoms with Gasteiger partial charge in [-0.1, -0.05) is 6.92 Å². The van der Waals surface area contributed by atoms with Crippen LogP contribution < -0.4 is 10.5 Å². The van der Waals surface area contributed by atoms with Gasteiger partial charge in [-0.2, -0.15) is 0 Å². The number of nitrogens with zero attached hydrogens (tertiary/aromatic N) is 2. The van der Waals surface area contributed by atoms with Gasteiger partial charge < -0.3 is 15.4 Å². The molecule has 1 atom stereocenters. The van der Waals surface area contributed by atoms with E-state index in [9.17, 15) is 4.79 Å². The zero-order valence-electron chi connectivity index (χ0n) is 14.4. The van der Waals surface area contributed by atoms with Crippen molar-refractivity contribution in [3.63, 3.8) is 0 Å². The predicted molar refractivity (Wildman–Crippen MR) is 102 cm³/mol. The Balaban J connectivity index is 1.78. The molecule has 1 aliphatic rings. The Morgan fingerprint density at radius 3 is 3.00 bits per heavy atom. The molecule has 0 saturated carbocycles. The molecule has 1 amide bonds. The van der Waals surface area contributed by atoms with Crippen LogP contribution >= 0.6 is 11.3 Å². The van der Waals surface area contributed by atoms with Gasteiger partial charge in [-0.15, -0.1) is 11.3 Å². The van der Waals surface area contributed by atoms with E-state index in [0.717, 1.165) is 46.4 Å². The number of hydrogen-bond donors (Lipinski definition) is 1. The number of methoxy groups -OCH3 is 1. The molecule has 130 valence electrons. The highest BCUT2D eigenvalue weighted by Gasteiger charge is 2.26. The van der Waals surface area contributed by atoms with Crippen LogP contribution in [0.3, 0.4) is 0 Å². The summed E-state index contributed by atoms with van der Waals surface area (Å²) in [6.07, 6.45) is 2.24. The number of hydrogen-bond acceptors (Lipinski definition) is 5. The minimum Gasteiger partial charge on any atom is -0.497 e. The van der Waals surface area contributed by atoms with Crippen LogP contribution in [0.2, 0.25) is 0 Å². The number of rotatable bonds is 2. The van der Waals surface area contributed by atoms with Gasteiger partial charge >= 0.3 is 0 Å². The molecule has 2 aromatic heterocycles. The SMILES string of the molecule is COc1ccc2nc3sc(C(=O)N4CCC[C@@H](C)C4)c(N)c3cc2c1. The van der Waals surface area contributed by atoms with Gasteiger partial charge in [-0.25, -0.2) is 4.98 Å². The van der Waals surface area contributed by atoms with Gasteiger partial charge in [0.1, 0.15) is 15.5 Å². The summed E-state index contributed by atoms with van der Waals surface area (Å²) >= 11 is 1.39. The van der Waals surface area contributed by atoms with E-state index in [-0.39, 0.29) is 5.91 Å². The maximum atomic E-state index is 12.9. The summed E-state index contributed by atoms with van der Waals surface area (Å²) in [4.78, 5) is 21.0. The zero-order valence-corrected chi connectivity index (χ0v) is 15.2. The van der Waals surface area contributed by atoms with E-state index in [2.05, 4.69) is 11.9 Å². The number of thiophene rings is 1. The van der Waals surface area contributed by atoms with E-state index in [4.69, 9.17) is 10.5 Å². The van der Waals surface area contributed by atoms with Gasteiger partial charge in [0.2, 0.25) is 0 Å². The summed E-state index contributed by atoms with van der Waals surface area (Å²) < 4.78 is 5.28. The highest BCUT2D eigenvalue weighted by molar-refractivity contribution is 7.21. The quantitative estimate of drug-likeness (QED) is 0.757. The predicted octanol–water partition coefficient (Wildman–Crippen LogP) is 3.91. The van der Waals surface area contributed by atoms with Crippen LogP contribution in [-0.4, -0.2) is 36.0 Å². The topological polar surface area (TPSA) is 68.5 Å². The second kappa shape index (κ2) is 6.19. The van der Waals surface area contributed by atoms with Crippen LogP contribution in [0.1, 0.15) is 29.4 Å². The Kier molecular flexibility index (Phi) is 4.00. The number of amides is 1. The summed E-state index contributed by atoms with van der Waals surface area (Å²) in [7, 11) is 1.64. The van der Waals surface area contributed by atoms with E-state index in [1.165, 1.54) is 17.8 Å². The van der Waals surface area contributed by atoms with Crippen molar-refractivity contribution in [3.05, 3.63) is 29.1 Å². The maximum absolute atomic E-state index is 12.9. The van der Waals surface area contributed by atoms with Gasteiger partial charge in [0.05, 0.1) is 18.3 Å². The first-order chi connectivity index (χ1) is 12.1. The van der Waals surface area contributed by atoms with E-state index >= 15 is 0 Å². The number of nitrogen functional groups attached to an aromatic ring is 1. The van der Waals surface area contributed by atoms with Crippen molar-refractivity contribution in [3.8, 4) is 5.75 Å². The van der Waals surface area contributed by atoms with E-state index in [1.54, 1.807) is 7.11 Å². The molecular weight excluding hydrogens is 334 g/mol. The molecule has 4 rings (SSSR count). The molecule has 6 heteroatoms. The van der Waals surface area contributed by atoms with Crippen LogP contribution in [-0.2, 0) is 0 Å². The van der Waals surface area contributed by atoms with E-state index in [0.29, 0.717) is 16.5 Å². The standard InChI is InChI=1S/C19H21N3O2S/c1-11-4-3-7-22(10-11)19(23)17-16(20)14-9-12-8-13(24-2)5-6-15(12)21-18(14)25-17/h5-6,8-9,11H,3-4,7,10,20H2,1-2H3/t11-/m1/s1. The Hall–Kier alpha value is -2.34. The number of anilines is 1. The van der Waals surface area contributed by atoms with Crippen LogP contribution in [0.15, 0.2) is 24.3 Å². The van der Waals surface area contributed by atoms with Gasteiger partial charge in [-0.3, -0.25) is 4.79 Å². The third kappa shape index (κ3) is 2.80. The summed E-state index contributed by atoms with van der Waals surface area (Å²) in [6.45, 7) is 3.80. The highest BCUT2D eigenvalue weighted by atomic mass is 32.1. The number of likely N-dealkylation sites (tertiary alicyclic amines) is 1. The number of piperidine rings is 1. The Labute approximate surface area is 150 Å². The Morgan fingerprint density at radius 2 is 2.24 bits per heavy atom. The van der Waals surface area contributed by atoms with Crippen LogP contribution in [0.5, 0.6) is 5.75 Å². The number of ether oxygens (including phenoxy) is 1. The molecule has 1 aromatic carbocycles. The van der Waals surface area contributed by atoms with Crippen molar-refractivity contribution >= 4 is 44.1 Å². The molecule has 1 saturated heterocycles. The molecule has 1 fully saturated rings. The Bertz CT molecular complexity index is 966. The fraction of sp³-hybridized carbons (Fsp3) is 0.368. The molecule has 0 radical (unpaired) electrons. The number of nitrogens with two attached hydrogens (primary N) is 1. The zero-order chi connectivity index (χ0) is 17.6. The summed E-state index contributed by atoms with van der Waals surface area (Å²) in [6, 6.07) is 7.75. The van der Waals surface area contributed by atoms with E-state index < -0.39 is 0 Å². The molecule has 1 aliphatic heterocycles. The summed E-state index contributed by atoms with van der Waals surface area (Å²) in [5.41, 5.74) is 7.75. The second-order valence-corrected chi connectivity index (χ2v) is 7.74. The average Bonchev–Trinajstić information content (AvgIpc) is 2.94. The number of carbonyl (C=O) groups excluding carboxylic acids is 1. The second-order valence-electron chi connectivity index (χ2n) is 6.74. The van der Waals surface area contributed by atoms with Crippen molar-refractivity contribution in [1.29, 1.82) is 0 Å². The van der Waals surface area contributed by atoms with Crippen LogP contribution in [0.4, 0.5) is 5.69 Å². The Morgan fingerprint density at radius 1 is 1.40 bits per heavy atom. The lowest BCUT2D eigenvalue weighted by Gasteiger charge is -2.30. The van der Waals surface area contributed by atoms with Gasteiger partial charge in [0.15, 0.2) is 0 Å². The van der Waals surface area contributed by atoms with Crippen LogP contribution in [0.25, 0.3) is 21.1 Å². The molecule has 5 nitrogen and oxygen atoms in total. The largest absolute Gasteiger partial charge is 0.497 e. The van der Waals surface area contributed by atoms with Crippen LogP contribution in [0, 0.1) is 5.92 Å². The summed E-state index contributed by atoms with van der Waals surface area (Å²) in [5.74, 6) is 1.36. The first-order valence-corrected chi connectivity index (χ1v) is 9.34. The molecule has 3 heterocycles. The molecule has 0 bridgehead atoms. The normalized spacial score (nSPS) is 18.0. The fourth-order valence-corrected chi connectivity index (χ4v) is 4.54. The molecule has 0 aliphatic carbocycles. The van der Waals surface area contributed by atoms with Gasteiger partial charge in [0, 0.05) is 23.9 Å². The minimum absolute atomic E-state index is 0.0358. The number of aromatic nitrogens is 1. The summed E-state index contributed by atoms with van der Waals surface area (Å²) in [5, 5.41) is 1.81. The average molecular weight is 355 g/mol. The maximum Gasteiger partial charge on any atom is 0.266 e. The fourth-order valence-electron chi connectivity index (χ4n) is 3.48. The third-order valence-corrected chi connectivity index (χ3v) is 5.96. The highest BCUT2D eigenvalue weighted by Crippen LogP contribution is 2.36. The van der Waals surface area contributed by atoms with Crippen molar-refractivity contribution in [2.24, 2.45) is 5.92 Å². The molecule has 2 N–H and O–H groups in total. The molecular formula is C19H21N3O2S. The number of benzene rings is 1. The number of carbonyl (C=O) groups is 1. The molecule has 3 aromatic rings.